The Bertz CT molecular complexity index is 189. The van der Waals surface area contributed by atoms with E-state index in [9.17, 15) is 0 Å². The summed E-state index contributed by atoms with van der Waals surface area (Å²) >= 11 is 0. The van der Waals surface area contributed by atoms with Crippen molar-refractivity contribution in [3.63, 3.8) is 0 Å². The van der Waals surface area contributed by atoms with Gasteiger partial charge >= 0.3 is 0 Å². The van der Waals surface area contributed by atoms with Gasteiger partial charge in [-0.2, -0.15) is 11.8 Å². The van der Waals surface area contributed by atoms with Gasteiger partial charge in [0.25, 0.3) is 0 Å². The molecule has 0 aromatic heterocycles. The van der Waals surface area contributed by atoms with Crippen LogP contribution in [0.15, 0.2) is 0 Å². The summed E-state index contributed by atoms with van der Waals surface area (Å²) in [4.78, 5) is 0. The summed E-state index contributed by atoms with van der Waals surface area (Å²) < 4.78 is 0. The first-order valence-electron chi connectivity index (χ1n) is 5.78. The molecule has 74 valence electrons. The van der Waals surface area contributed by atoms with Crippen LogP contribution in [-0.4, -0.2) is 0 Å². The smallest absolute Gasteiger partial charge is 0 e. The van der Waals surface area contributed by atoms with Crippen molar-refractivity contribution in [1.82, 2.24) is 0 Å². The molecule has 0 spiro atoms. The quantitative estimate of drug-likeness (QED) is 0.259. The van der Waals surface area contributed by atoms with E-state index in [0.29, 0.717) is 0 Å². The van der Waals surface area contributed by atoms with Crippen LogP contribution in [0.5, 0.6) is 0 Å². The second-order valence-electron chi connectivity index (χ2n) is 5.59. The van der Waals surface area contributed by atoms with Crippen molar-refractivity contribution >= 4 is 0 Å². The first kappa shape index (κ1) is 12.0. The molecule has 4 aliphatic rings. The van der Waals surface area contributed by atoms with Crippen LogP contribution in [-0.2, 0) is 0 Å². The van der Waals surface area contributed by atoms with Gasteiger partial charge in [0.15, 0.2) is 0 Å². The predicted molar refractivity (Wildman–Crippen MR) is 48.3 cm³/mol. The van der Waals surface area contributed by atoms with Gasteiger partial charge in [0.1, 0.15) is 0 Å². The second kappa shape index (κ2) is 2.75. The molecule has 4 heteroatoms. The molecule has 0 saturated heterocycles. The average Bonchev–Trinajstić information content (AvgIpc) is 2.83. The SMILES string of the molecule is [CH-]1C2CCC1C1C3CCC(C3)C21.[Rf].[Rf].[Rf].[Rf]. The minimum absolute atomic E-state index is 0. The van der Waals surface area contributed by atoms with Crippen molar-refractivity contribution in [2.24, 2.45) is 35.5 Å². The summed E-state index contributed by atoms with van der Waals surface area (Å²) in [6.07, 6.45) is 10.6. The van der Waals surface area contributed by atoms with E-state index in [1.54, 1.807) is 32.1 Å². The Morgan fingerprint density at radius 2 is 1.06 bits per heavy atom. The van der Waals surface area contributed by atoms with Crippen LogP contribution in [0.25, 0.3) is 0 Å². The maximum atomic E-state index is 2.74. The summed E-state index contributed by atoms with van der Waals surface area (Å²) in [5, 5.41) is 0. The molecular weight excluding hydrogens is 1210 g/mol. The molecule has 0 nitrogen and oxygen atoms in total. The third kappa shape index (κ3) is 0.701. The first-order valence-corrected chi connectivity index (χ1v) is 5.78. The van der Waals surface area contributed by atoms with E-state index < -0.39 is 0 Å². The van der Waals surface area contributed by atoms with Gasteiger partial charge in [-0.25, -0.2) is 0 Å². The number of fused-ring (bicyclic) bond motifs is 9. The summed E-state index contributed by atoms with van der Waals surface area (Å²) in [7, 11) is 0. The fourth-order valence-electron chi connectivity index (χ4n) is 5.19. The fourth-order valence-corrected chi connectivity index (χ4v) is 5.19. The zero-order valence-corrected chi connectivity index (χ0v) is 36.0. The van der Waals surface area contributed by atoms with Crippen LogP contribution in [0.1, 0.15) is 32.1 Å². The maximum absolute atomic E-state index is 2.74. The van der Waals surface area contributed by atoms with Gasteiger partial charge in [0.2, 0.25) is 0 Å². The van der Waals surface area contributed by atoms with Crippen molar-refractivity contribution in [1.29, 1.82) is 0 Å². The van der Waals surface area contributed by atoms with E-state index in [-0.39, 0.29) is 0 Å². The van der Waals surface area contributed by atoms with Crippen molar-refractivity contribution in [3.8, 4) is 0 Å². The summed E-state index contributed by atoms with van der Waals surface area (Å²) in [5.74, 6) is 6.87. The van der Waals surface area contributed by atoms with Gasteiger partial charge < -0.3 is 6.42 Å². The normalized spacial score (nSPS) is 49.5. The molecule has 0 radical (unpaired) electrons. The molecule has 4 bridgehead atoms. The zero-order valence-electron chi connectivity index (χ0n) is 10.4. The molecule has 0 N–H and O–H groups in total. The minimum Gasteiger partial charge on any atom is -0.322 e. The average molecular weight is 1230 g/mol. The Hall–Kier alpha value is -4.00. The van der Waals surface area contributed by atoms with Crippen molar-refractivity contribution in [2.75, 3.05) is 0 Å². The molecule has 6 atom stereocenters. The van der Waals surface area contributed by atoms with Gasteiger partial charge in [-0.15, -0.1) is 0 Å². The molecule has 4 rings (SSSR count). The van der Waals surface area contributed by atoms with Crippen molar-refractivity contribution < 1.29 is 0 Å². The third-order valence-electron chi connectivity index (χ3n) is 5.36. The number of hydrogen-bond acceptors (Lipinski definition) is 0. The fraction of sp³-hybridized carbons (Fsp3) is 0.917. The molecule has 0 amide bonds. The van der Waals surface area contributed by atoms with Crippen LogP contribution < -0.4 is 0 Å². The molecule has 0 aliphatic heterocycles. The van der Waals surface area contributed by atoms with Crippen molar-refractivity contribution in [2.45, 2.75) is 32.1 Å². The number of rotatable bonds is 0. The molecule has 4 aliphatic carbocycles. The van der Waals surface area contributed by atoms with E-state index >= 15 is 0 Å². The van der Waals surface area contributed by atoms with E-state index in [4.69, 9.17) is 0 Å². The van der Waals surface area contributed by atoms with E-state index in [1.165, 1.54) is 23.7 Å². The molecule has 4 saturated carbocycles. The molecule has 0 aromatic rings. The molecule has 16 heavy (non-hydrogen) atoms. The second-order valence-corrected chi connectivity index (χ2v) is 5.59. The van der Waals surface area contributed by atoms with Gasteiger partial charge in [-0.1, -0.05) is 24.7 Å². The largest absolute Gasteiger partial charge is 0.322 e. The Labute approximate surface area is 74.7 Å². The van der Waals surface area contributed by atoms with Crippen LogP contribution in [0, 0.1) is 41.9 Å². The summed E-state index contributed by atoms with van der Waals surface area (Å²) in [6.45, 7) is 0. The standard InChI is InChI=1S/C12H17.4Rf/c1-2-8-5-7(1)11-9-3-4-10(6-9)12(8)11;;;;/h5,7-12H,1-4,6H2;;;;/q-1;;;;. The Morgan fingerprint density at radius 1 is 0.625 bits per heavy atom. The van der Waals surface area contributed by atoms with Gasteiger partial charge in [-0.05, 0) is 31.1 Å². The molecule has 0 heterocycles. The van der Waals surface area contributed by atoms with E-state index in [1.807, 2.05) is 0 Å². The minimum atomic E-state index is 0. The maximum Gasteiger partial charge on any atom is 0 e. The van der Waals surface area contributed by atoms with Gasteiger partial charge in [0.05, 0.1) is 0 Å². The predicted octanol–water partition coefficient (Wildman–Crippen LogP) is 2.89. The van der Waals surface area contributed by atoms with Gasteiger partial charge in [0, 0.05) is 0 Å². The molecular formula is C12H17Rf4-. The van der Waals surface area contributed by atoms with E-state index in [0.717, 1.165) is 11.8 Å². The number of hydrogen-bond donors (Lipinski definition) is 0. The Morgan fingerprint density at radius 3 is 1.50 bits per heavy atom. The van der Waals surface area contributed by atoms with Crippen LogP contribution in [0.2, 0.25) is 0 Å². The third-order valence-corrected chi connectivity index (χ3v) is 5.36. The topological polar surface area (TPSA) is 0 Å². The zero-order chi connectivity index (χ0) is 7.71. The molecule has 0 aromatic carbocycles. The monoisotopic (exact) mass is 1230 g/mol. The molecule has 6 unspecified atom stereocenters. The molecule has 4 fully saturated rings. The van der Waals surface area contributed by atoms with Crippen LogP contribution >= 0.6 is 0 Å². The van der Waals surface area contributed by atoms with Gasteiger partial charge in [-0.3, -0.25) is 0 Å². The van der Waals surface area contributed by atoms with Crippen molar-refractivity contribution in [3.05, 3.63) is 6.42 Å². The summed E-state index contributed by atoms with van der Waals surface area (Å²) in [6, 6.07) is 0. The Balaban J connectivity index is 0.000000562. The van der Waals surface area contributed by atoms with Crippen LogP contribution in [0.3, 0.4) is 0 Å². The first-order chi connectivity index (χ1) is 5.93. The Kier molecular flexibility index (Phi) is 2.06. The van der Waals surface area contributed by atoms with E-state index in [2.05, 4.69) is 6.42 Å². The van der Waals surface area contributed by atoms with Crippen LogP contribution in [0.4, 0.5) is 0 Å². The summed E-state index contributed by atoms with van der Waals surface area (Å²) in [5.41, 5.74) is 0.